The minimum atomic E-state index is -4.33. The van der Waals surface area contributed by atoms with Crippen molar-refractivity contribution in [2.45, 2.75) is 24.0 Å². The van der Waals surface area contributed by atoms with Gasteiger partial charge in [0.2, 0.25) is 0 Å². The molecule has 0 amide bonds. The standard InChI is InChI=1S/C23H20N2O5S2/c1-3-20-18-8-4-6-10-21(18)24(31(26,27)17-14-12-16(2)13-15-17)23-19-9-5-7-11-22(19)30-32(28,29)25(20)23/h3-15,20,23H,1H2,2H3/t20-,23-/m0/s1. The Morgan fingerprint density at radius 1 is 0.938 bits per heavy atom. The highest BCUT2D eigenvalue weighted by Gasteiger charge is 2.53. The molecule has 0 unspecified atom stereocenters. The van der Waals surface area contributed by atoms with Gasteiger partial charge in [-0.2, -0.15) is 8.42 Å². The zero-order valence-electron chi connectivity index (χ0n) is 17.1. The number of sulfonamides is 1. The lowest BCUT2D eigenvalue weighted by molar-refractivity contribution is 0.232. The molecule has 2 aliphatic heterocycles. The summed E-state index contributed by atoms with van der Waals surface area (Å²) in [5.74, 6) is 0.0973. The number of nitrogens with zero attached hydrogens (tertiary/aromatic N) is 2. The van der Waals surface area contributed by atoms with Crippen LogP contribution in [0.4, 0.5) is 5.69 Å². The van der Waals surface area contributed by atoms with E-state index < -0.39 is 32.5 Å². The van der Waals surface area contributed by atoms with Crippen molar-refractivity contribution in [2.24, 2.45) is 0 Å². The maximum Gasteiger partial charge on any atom is 0.388 e. The molecular weight excluding hydrogens is 448 g/mol. The smallest absolute Gasteiger partial charge is 0.370 e. The molecule has 2 aliphatic rings. The molecule has 0 radical (unpaired) electrons. The number of rotatable bonds is 3. The number of hydrogen-bond donors (Lipinski definition) is 0. The average Bonchev–Trinajstić information content (AvgIpc) is 2.77. The molecule has 164 valence electrons. The largest absolute Gasteiger partial charge is 0.388 e. The van der Waals surface area contributed by atoms with Crippen LogP contribution in [0, 0.1) is 6.92 Å². The molecule has 3 aromatic rings. The molecular formula is C23H20N2O5S2. The van der Waals surface area contributed by atoms with Crippen molar-refractivity contribution in [1.82, 2.24) is 4.31 Å². The predicted octanol–water partition coefficient (Wildman–Crippen LogP) is 4.07. The number of benzene rings is 3. The third-order valence-corrected chi connectivity index (χ3v) is 8.80. The van der Waals surface area contributed by atoms with E-state index in [0.717, 1.165) is 9.87 Å². The topological polar surface area (TPSA) is 84.0 Å². The maximum atomic E-state index is 14.0. The van der Waals surface area contributed by atoms with Crippen molar-refractivity contribution in [3.8, 4) is 5.75 Å². The third-order valence-electron chi connectivity index (χ3n) is 5.68. The lowest BCUT2D eigenvalue weighted by Crippen LogP contribution is -2.54. The van der Waals surface area contributed by atoms with E-state index in [1.807, 2.05) is 6.92 Å². The number of aryl methyl sites for hydroxylation is 1. The van der Waals surface area contributed by atoms with E-state index in [2.05, 4.69) is 6.58 Å². The molecule has 2 atom stereocenters. The van der Waals surface area contributed by atoms with Gasteiger partial charge in [-0.25, -0.2) is 12.7 Å². The monoisotopic (exact) mass is 468 g/mol. The van der Waals surface area contributed by atoms with Crippen LogP contribution >= 0.6 is 0 Å². The van der Waals surface area contributed by atoms with Gasteiger partial charge in [0.05, 0.1) is 16.6 Å². The number of anilines is 1. The first-order valence-electron chi connectivity index (χ1n) is 9.90. The Bertz CT molecular complexity index is 1430. The summed E-state index contributed by atoms with van der Waals surface area (Å²) in [6.07, 6.45) is 0.311. The van der Waals surface area contributed by atoms with Crippen molar-refractivity contribution in [2.75, 3.05) is 4.31 Å². The second-order valence-corrected chi connectivity index (χ2v) is 10.9. The van der Waals surface area contributed by atoms with Gasteiger partial charge >= 0.3 is 10.3 Å². The van der Waals surface area contributed by atoms with Crippen molar-refractivity contribution >= 4 is 26.0 Å². The molecule has 2 heterocycles. The highest BCUT2D eigenvalue weighted by Crippen LogP contribution is 2.53. The number of fused-ring (bicyclic) bond motifs is 4. The lowest BCUT2D eigenvalue weighted by Gasteiger charge is -2.48. The zero-order valence-corrected chi connectivity index (χ0v) is 18.8. The molecule has 0 saturated heterocycles. The second kappa shape index (κ2) is 7.19. The van der Waals surface area contributed by atoms with Crippen molar-refractivity contribution in [3.05, 3.63) is 102 Å². The quantitative estimate of drug-likeness (QED) is 0.541. The van der Waals surface area contributed by atoms with Crippen LogP contribution in [0.25, 0.3) is 0 Å². The SMILES string of the molecule is C=C[C@H]1c2ccccc2N(S(=O)(=O)c2ccc(C)cc2)[C@@H]2c3ccccc3OS(=O)(=O)N21. The molecule has 5 rings (SSSR count). The zero-order chi connectivity index (χ0) is 22.7. The molecule has 0 N–H and O–H groups in total. The molecule has 0 bridgehead atoms. The van der Waals surface area contributed by atoms with Crippen LogP contribution < -0.4 is 8.49 Å². The summed E-state index contributed by atoms with van der Waals surface area (Å²) in [7, 11) is -8.48. The minimum absolute atomic E-state index is 0.0660. The fourth-order valence-electron chi connectivity index (χ4n) is 4.23. The van der Waals surface area contributed by atoms with Gasteiger partial charge in [0.1, 0.15) is 6.17 Å². The molecule has 0 aromatic heterocycles. The molecule has 0 spiro atoms. The summed E-state index contributed by atoms with van der Waals surface area (Å²) >= 11 is 0. The van der Waals surface area contributed by atoms with E-state index in [-0.39, 0.29) is 10.6 Å². The summed E-state index contributed by atoms with van der Waals surface area (Å²) in [5, 5.41) is 0. The Balaban J connectivity index is 1.86. The first-order chi connectivity index (χ1) is 15.3. The van der Waals surface area contributed by atoms with Gasteiger partial charge in [0.25, 0.3) is 10.0 Å². The molecule has 7 nitrogen and oxygen atoms in total. The highest BCUT2D eigenvalue weighted by atomic mass is 32.2. The fourth-order valence-corrected chi connectivity index (χ4v) is 7.29. The Morgan fingerprint density at radius 3 is 2.25 bits per heavy atom. The van der Waals surface area contributed by atoms with E-state index in [1.54, 1.807) is 54.6 Å². The molecule has 0 aliphatic carbocycles. The van der Waals surface area contributed by atoms with Crippen molar-refractivity contribution in [1.29, 1.82) is 0 Å². The van der Waals surface area contributed by atoms with E-state index in [9.17, 15) is 16.8 Å². The van der Waals surface area contributed by atoms with Gasteiger partial charge < -0.3 is 4.18 Å². The maximum absolute atomic E-state index is 14.0. The minimum Gasteiger partial charge on any atom is -0.370 e. The first kappa shape index (κ1) is 20.7. The second-order valence-electron chi connectivity index (χ2n) is 7.64. The van der Waals surface area contributed by atoms with Gasteiger partial charge in [-0.05, 0) is 36.8 Å². The Hall–Kier alpha value is -3.14. The fraction of sp³-hybridized carbons (Fsp3) is 0.130. The highest BCUT2D eigenvalue weighted by molar-refractivity contribution is 7.93. The van der Waals surface area contributed by atoms with Gasteiger partial charge in [0, 0.05) is 5.56 Å². The van der Waals surface area contributed by atoms with E-state index in [0.29, 0.717) is 16.8 Å². The van der Waals surface area contributed by atoms with Crippen LogP contribution in [0.3, 0.4) is 0 Å². The molecule has 9 heteroatoms. The van der Waals surface area contributed by atoms with Gasteiger partial charge in [0.15, 0.2) is 5.75 Å². The molecule has 3 aromatic carbocycles. The summed E-state index contributed by atoms with van der Waals surface area (Å²) in [6, 6.07) is 19.1. The lowest BCUT2D eigenvalue weighted by atomic mass is 9.98. The molecule has 32 heavy (non-hydrogen) atoms. The summed E-state index contributed by atoms with van der Waals surface area (Å²) in [5.41, 5.74) is 2.24. The summed E-state index contributed by atoms with van der Waals surface area (Å²) < 4.78 is 62.0. The van der Waals surface area contributed by atoms with Crippen LogP contribution in [0.5, 0.6) is 5.75 Å². The number of hydrogen-bond acceptors (Lipinski definition) is 5. The van der Waals surface area contributed by atoms with Crippen molar-refractivity contribution < 1.29 is 21.0 Å². The normalized spacial score (nSPS) is 21.6. The predicted molar refractivity (Wildman–Crippen MR) is 121 cm³/mol. The average molecular weight is 469 g/mol. The van der Waals surface area contributed by atoms with Crippen LogP contribution in [0.1, 0.15) is 28.9 Å². The Kier molecular flexibility index (Phi) is 4.66. The Labute approximate surface area is 187 Å². The van der Waals surface area contributed by atoms with Gasteiger partial charge in [-0.15, -0.1) is 10.9 Å². The molecule has 0 saturated carbocycles. The summed E-state index contributed by atoms with van der Waals surface area (Å²) in [4.78, 5) is 0.0660. The third kappa shape index (κ3) is 2.96. The number of para-hydroxylation sites is 2. The van der Waals surface area contributed by atoms with Gasteiger partial charge in [-0.1, -0.05) is 60.2 Å². The van der Waals surface area contributed by atoms with Gasteiger partial charge in [-0.3, -0.25) is 0 Å². The van der Waals surface area contributed by atoms with Crippen LogP contribution in [-0.4, -0.2) is 21.1 Å². The molecule has 0 fully saturated rings. The van der Waals surface area contributed by atoms with E-state index in [1.165, 1.54) is 28.6 Å². The Morgan fingerprint density at radius 2 is 1.56 bits per heavy atom. The van der Waals surface area contributed by atoms with E-state index in [4.69, 9.17) is 4.18 Å². The van der Waals surface area contributed by atoms with Crippen LogP contribution in [0.15, 0.2) is 90.3 Å². The van der Waals surface area contributed by atoms with Crippen LogP contribution in [0.2, 0.25) is 0 Å². The van der Waals surface area contributed by atoms with Crippen molar-refractivity contribution in [3.63, 3.8) is 0 Å². The summed E-state index contributed by atoms with van der Waals surface area (Å²) in [6.45, 7) is 5.69. The van der Waals surface area contributed by atoms with Crippen LogP contribution in [-0.2, 0) is 20.3 Å². The van der Waals surface area contributed by atoms with E-state index >= 15 is 0 Å². The first-order valence-corrected chi connectivity index (χ1v) is 12.7.